The number of hydrogen-bond donors (Lipinski definition) is 2. The summed E-state index contributed by atoms with van der Waals surface area (Å²) in [6, 6.07) is 9.06. The minimum absolute atomic E-state index is 0.257. The smallest absolute Gasteiger partial charge is 0.277 e. The van der Waals surface area contributed by atoms with Gasteiger partial charge in [0.1, 0.15) is 24.3 Å². The molecule has 1 aromatic carbocycles. The molecule has 0 unspecified atom stereocenters. The zero-order valence-corrected chi connectivity index (χ0v) is 14.3. The Labute approximate surface area is 153 Å². The van der Waals surface area contributed by atoms with E-state index in [1.807, 2.05) is 18.2 Å². The van der Waals surface area contributed by atoms with Crippen LogP contribution in [0.25, 0.3) is 5.82 Å². The molecule has 0 aliphatic carbocycles. The van der Waals surface area contributed by atoms with Crippen LogP contribution in [0.5, 0.6) is 0 Å². The molecular formula is C17H15N9O. The van der Waals surface area contributed by atoms with E-state index >= 15 is 0 Å². The van der Waals surface area contributed by atoms with Crippen molar-refractivity contribution in [2.24, 2.45) is 7.05 Å². The Balaban J connectivity index is 1.44. The maximum absolute atomic E-state index is 12.1. The molecule has 10 nitrogen and oxygen atoms in total. The maximum atomic E-state index is 12.1. The van der Waals surface area contributed by atoms with Gasteiger partial charge in [-0.1, -0.05) is 5.21 Å². The highest BCUT2D eigenvalue weighted by Crippen LogP contribution is 2.19. The first-order valence-corrected chi connectivity index (χ1v) is 8.02. The molecule has 4 aromatic rings. The number of hydrogen-bond acceptors (Lipinski definition) is 7. The second-order valence-electron chi connectivity index (χ2n) is 5.67. The number of nitrogens with zero attached hydrogens (tertiary/aromatic N) is 7. The van der Waals surface area contributed by atoms with E-state index in [0.717, 1.165) is 5.69 Å². The van der Waals surface area contributed by atoms with Crippen LogP contribution in [0.15, 0.2) is 61.6 Å². The van der Waals surface area contributed by atoms with Crippen molar-refractivity contribution in [3.8, 4) is 5.82 Å². The lowest BCUT2D eigenvalue weighted by molar-refractivity contribution is 0.102. The molecule has 0 saturated carbocycles. The molecule has 27 heavy (non-hydrogen) atoms. The van der Waals surface area contributed by atoms with Gasteiger partial charge in [-0.3, -0.25) is 14.0 Å². The van der Waals surface area contributed by atoms with E-state index in [2.05, 4.69) is 35.9 Å². The van der Waals surface area contributed by atoms with Gasteiger partial charge in [0.25, 0.3) is 5.91 Å². The average molecular weight is 361 g/mol. The van der Waals surface area contributed by atoms with E-state index in [1.54, 1.807) is 48.7 Å². The first-order chi connectivity index (χ1) is 13.2. The van der Waals surface area contributed by atoms with Gasteiger partial charge in [0.15, 0.2) is 5.69 Å². The molecule has 2 N–H and O–H groups in total. The third-order valence-electron chi connectivity index (χ3n) is 3.67. The number of carbonyl (C=O) groups is 1. The van der Waals surface area contributed by atoms with Gasteiger partial charge in [-0.25, -0.2) is 15.0 Å². The van der Waals surface area contributed by atoms with Gasteiger partial charge < -0.3 is 10.6 Å². The Kier molecular flexibility index (Phi) is 4.27. The summed E-state index contributed by atoms with van der Waals surface area (Å²) in [5, 5.41) is 13.5. The second kappa shape index (κ2) is 7.04. The molecule has 3 heterocycles. The quantitative estimate of drug-likeness (QED) is 0.557. The largest absolute Gasteiger partial charge is 0.340 e. The lowest BCUT2D eigenvalue weighted by Crippen LogP contribution is -2.12. The monoisotopic (exact) mass is 361 g/mol. The molecule has 0 fully saturated rings. The van der Waals surface area contributed by atoms with Crippen LogP contribution in [0.1, 0.15) is 10.5 Å². The fourth-order valence-corrected chi connectivity index (χ4v) is 2.38. The highest BCUT2D eigenvalue weighted by molar-refractivity contribution is 6.02. The fourth-order valence-electron chi connectivity index (χ4n) is 2.38. The van der Waals surface area contributed by atoms with E-state index in [9.17, 15) is 4.79 Å². The lowest BCUT2D eigenvalue weighted by atomic mass is 10.2. The van der Waals surface area contributed by atoms with Crippen molar-refractivity contribution in [3.05, 3.63) is 67.3 Å². The average Bonchev–Trinajstić information content (AvgIpc) is 3.35. The summed E-state index contributed by atoms with van der Waals surface area (Å²) in [6.45, 7) is 0. The summed E-state index contributed by atoms with van der Waals surface area (Å²) in [6.07, 6.45) is 8.19. The second-order valence-corrected chi connectivity index (χ2v) is 5.67. The normalized spacial score (nSPS) is 10.6. The van der Waals surface area contributed by atoms with E-state index in [1.165, 1.54) is 11.0 Å². The molecule has 0 bridgehead atoms. The molecule has 0 aliphatic rings. The highest BCUT2D eigenvalue weighted by Gasteiger charge is 2.10. The van der Waals surface area contributed by atoms with Gasteiger partial charge in [0.05, 0.1) is 6.20 Å². The van der Waals surface area contributed by atoms with Crippen LogP contribution in [0, 0.1) is 0 Å². The minimum atomic E-state index is -0.315. The van der Waals surface area contributed by atoms with Gasteiger partial charge >= 0.3 is 0 Å². The fraction of sp³-hybridized carbons (Fsp3) is 0.0588. The van der Waals surface area contributed by atoms with Crippen LogP contribution < -0.4 is 10.6 Å². The highest BCUT2D eigenvalue weighted by atomic mass is 16.2. The number of carbonyl (C=O) groups excluding carboxylic acids is 1. The molecule has 0 aliphatic heterocycles. The summed E-state index contributed by atoms with van der Waals surface area (Å²) in [4.78, 5) is 24.5. The predicted octanol–water partition coefficient (Wildman–Crippen LogP) is 1.79. The van der Waals surface area contributed by atoms with Crippen molar-refractivity contribution in [2.45, 2.75) is 0 Å². The molecule has 0 spiro atoms. The zero-order chi connectivity index (χ0) is 18.6. The number of amides is 1. The topological polar surface area (TPSA) is 115 Å². The number of aryl methyl sites for hydroxylation is 1. The van der Waals surface area contributed by atoms with Crippen LogP contribution in [0.3, 0.4) is 0 Å². The zero-order valence-electron chi connectivity index (χ0n) is 14.3. The third-order valence-corrected chi connectivity index (χ3v) is 3.67. The third kappa shape index (κ3) is 3.79. The summed E-state index contributed by atoms with van der Waals surface area (Å²) in [7, 11) is 1.70. The van der Waals surface area contributed by atoms with Crippen LogP contribution >= 0.6 is 0 Å². The van der Waals surface area contributed by atoms with Crippen molar-refractivity contribution < 1.29 is 4.79 Å². The predicted molar refractivity (Wildman–Crippen MR) is 97.8 cm³/mol. The summed E-state index contributed by atoms with van der Waals surface area (Å²) >= 11 is 0. The number of nitrogens with one attached hydrogen (secondary N) is 2. The molecule has 0 radical (unpaired) electrons. The lowest BCUT2D eigenvalue weighted by Gasteiger charge is -2.08. The number of rotatable bonds is 5. The van der Waals surface area contributed by atoms with Crippen molar-refractivity contribution in [1.82, 2.24) is 34.5 Å². The van der Waals surface area contributed by atoms with E-state index in [4.69, 9.17) is 0 Å². The summed E-state index contributed by atoms with van der Waals surface area (Å²) < 4.78 is 3.26. The van der Waals surface area contributed by atoms with Gasteiger partial charge in [-0.05, 0) is 24.3 Å². The Morgan fingerprint density at radius 2 is 1.93 bits per heavy atom. The Bertz CT molecular complexity index is 1050. The molecule has 134 valence electrons. The first-order valence-electron chi connectivity index (χ1n) is 8.02. The van der Waals surface area contributed by atoms with E-state index in [0.29, 0.717) is 17.3 Å². The molecule has 0 atom stereocenters. The van der Waals surface area contributed by atoms with Crippen molar-refractivity contribution >= 4 is 23.1 Å². The number of anilines is 3. The number of aromatic nitrogens is 7. The van der Waals surface area contributed by atoms with Gasteiger partial charge in [0.2, 0.25) is 0 Å². The Hall–Kier alpha value is -4.08. The Morgan fingerprint density at radius 1 is 1.11 bits per heavy atom. The van der Waals surface area contributed by atoms with Gasteiger partial charge in [-0.2, -0.15) is 0 Å². The van der Waals surface area contributed by atoms with Crippen molar-refractivity contribution in [2.75, 3.05) is 10.6 Å². The molecule has 0 saturated heterocycles. The molecule has 4 rings (SSSR count). The SMILES string of the molecule is Cn1cc(C(=O)Nc2ccc(Nc3cc(-n4ccnc4)ncn3)cc2)nn1. The van der Waals surface area contributed by atoms with Gasteiger partial charge in [-0.15, -0.1) is 5.10 Å². The minimum Gasteiger partial charge on any atom is -0.340 e. The number of imidazole rings is 1. The first kappa shape index (κ1) is 16.4. The van der Waals surface area contributed by atoms with Crippen LogP contribution in [0.2, 0.25) is 0 Å². The van der Waals surface area contributed by atoms with Crippen LogP contribution in [-0.4, -0.2) is 40.4 Å². The van der Waals surface area contributed by atoms with Crippen LogP contribution in [0.4, 0.5) is 17.2 Å². The van der Waals surface area contributed by atoms with Crippen molar-refractivity contribution in [1.29, 1.82) is 0 Å². The standard InChI is InChI=1S/C17H15N9O/c1-25-9-14(23-24-25)17(27)22-13-4-2-12(3-5-13)21-15-8-16(20-10-19-15)26-7-6-18-11-26/h2-11H,1H3,(H,22,27)(H,19,20,21). The molecule has 3 aromatic heterocycles. The molecule has 1 amide bonds. The van der Waals surface area contributed by atoms with E-state index < -0.39 is 0 Å². The van der Waals surface area contributed by atoms with Gasteiger partial charge in [0, 0.05) is 36.9 Å². The Morgan fingerprint density at radius 3 is 2.63 bits per heavy atom. The molecular weight excluding hydrogens is 346 g/mol. The van der Waals surface area contributed by atoms with Crippen molar-refractivity contribution in [3.63, 3.8) is 0 Å². The summed E-state index contributed by atoms with van der Waals surface area (Å²) in [5.74, 6) is 1.03. The number of benzene rings is 1. The van der Waals surface area contributed by atoms with E-state index in [-0.39, 0.29) is 11.6 Å². The van der Waals surface area contributed by atoms with Crippen LogP contribution in [-0.2, 0) is 7.05 Å². The maximum Gasteiger partial charge on any atom is 0.277 e. The summed E-state index contributed by atoms with van der Waals surface area (Å²) in [5.41, 5.74) is 1.73. The molecule has 10 heteroatoms.